The number of carbonyl (C=O) groups excluding carboxylic acids is 3. The molecule has 0 saturated carbocycles. The maximum Gasteiger partial charge on any atom is 0.391 e. The van der Waals surface area contributed by atoms with Crippen LogP contribution in [-0.4, -0.2) is 47.5 Å². The molecule has 0 aliphatic heterocycles. The van der Waals surface area contributed by atoms with Gasteiger partial charge in [0.25, 0.3) is 5.91 Å². The standard InChI is InChI=1S/C23H27F3N2O4/c1-22(2,3)32-28(15-29)19(14-23(24,25)26)20(30)21(31)27-12-6-7-16-10-11-17-8-4-5-9-18(17)13-16/h4-5,8-11,13,15,19H,6-7,12,14H2,1-3H3,(H,27,31)/t19-/m0/s1. The summed E-state index contributed by atoms with van der Waals surface area (Å²) in [4.78, 5) is 41.1. The molecule has 0 radical (unpaired) electrons. The predicted molar refractivity (Wildman–Crippen MR) is 113 cm³/mol. The summed E-state index contributed by atoms with van der Waals surface area (Å²) in [6, 6.07) is 11.7. The van der Waals surface area contributed by atoms with Gasteiger partial charge in [-0.25, -0.2) is 5.06 Å². The van der Waals surface area contributed by atoms with Crippen molar-refractivity contribution in [1.29, 1.82) is 0 Å². The maximum absolute atomic E-state index is 13.0. The van der Waals surface area contributed by atoms with Gasteiger partial charge in [0.1, 0.15) is 6.04 Å². The number of ketones is 1. The van der Waals surface area contributed by atoms with Crippen molar-refractivity contribution in [3.63, 3.8) is 0 Å². The second kappa shape index (κ2) is 10.6. The molecule has 2 rings (SSSR count). The van der Waals surface area contributed by atoms with Crippen LogP contribution in [0.25, 0.3) is 10.8 Å². The molecule has 2 aromatic rings. The Hall–Kier alpha value is -2.94. The normalized spacial score (nSPS) is 12.9. The maximum atomic E-state index is 13.0. The van der Waals surface area contributed by atoms with Gasteiger partial charge in [0.15, 0.2) is 0 Å². The molecule has 32 heavy (non-hydrogen) atoms. The van der Waals surface area contributed by atoms with Crippen LogP contribution in [-0.2, 0) is 25.6 Å². The van der Waals surface area contributed by atoms with Gasteiger partial charge in [0.2, 0.25) is 12.2 Å². The van der Waals surface area contributed by atoms with E-state index in [0.717, 1.165) is 16.3 Å². The Morgan fingerprint density at radius 1 is 1.09 bits per heavy atom. The van der Waals surface area contributed by atoms with Crippen LogP contribution in [0.1, 0.15) is 39.2 Å². The molecule has 0 bridgehead atoms. The predicted octanol–water partition coefficient (Wildman–Crippen LogP) is 3.97. The van der Waals surface area contributed by atoms with E-state index in [1.54, 1.807) is 0 Å². The number of hydroxylamine groups is 2. The van der Waals surface area contributed by atoms with Crippen LogP contribution >= 0.6 is 0 Å². The average molecular weight is 452 g/mol. The largest absolute Gasteiger partial charge is 0.391 e. The second-order valence-electron chi connectivity index (χ2n) is 8.41. The monoisotopic (exact) mass is 452 g/mol. The Kier molecular flexibility index (Phi) is 8.38. The highest BCUT2D eigenvalue weighted by molar-refractivity contribution is 6.38. The van der Waals surface area contributed by atoms with Crippen molar-refractivity contribution in [2.45, 2.75) is 57.9 Å². The Morgan fingerprint density at radius 2 is 1.75 bits per heavy atom. The van der Waals surface area contributed by atoms with Gasteiger partial charge < -0.3 is 5.32 Å². The Bertz CT molecular complexity index is 954. The molecule has 0 saturated heterocycles. The third-order valence-electron chi connectivity index (χ3n) is 4.48. The van der Waals surface area contributed by atoms with Crippen LogP contribution in [0.15, 0.2) is 42.5 Å². The van der Waals surface area contributed by atoms with Crippen molar-refractivity contribution in [2.24, 2.45) is 0 Å². The summed E-state index contributed by atoms with van der Waals surface area (Å²) in [7, 11) is 0. The minimum absolute atomic E-state index is 0.0213. The summed E-state index contributed by atoms with van der Waals surface area (Å²) in [5.74, 6) is -2.58. The van der Waals surface area contributed by atoms with Crippen LogP contribution in [0.3, 0.4) is 0 Å². The SMILES string of the molecule is CC(C)(C)ON(C=O)[C@@H](CC(F)(F)F)C(=O)C(=O)NCCCc1ccc2ccccc2c1. The van der Waals surface area contributed by atoms with Crippen molar-refractivity contribution in [3.8, 4) is 0 Å². The topological polar surface area (TPSA) is 75.7 Å². The second-order valence-corrected chi connectivity index (χ2v) is 8.41. The van der Waals surface area contributed by atoms with Crippen molar-refractivity contribution < 1.29 is 32.4 Å². The number of alkyl halides is 3. The molecule has 174 valence electrons. The molecule has 0 spiro atoms. The summed E-state index contributed by atoms with van der Waals surface area (Å²) >= 11 is 0. The van der Waals surface area contributed by atoms with Crippen molar-refractivity contribution >= 4 is 28.9 Å². The average Bonchev–Trinajstić information content (AvgIpc) is 2.71. The lowest BCUT2D eigenvalue weighted by Gasteiger charge is -2.32. The molecule has 0 heterocycles. The lowest BCUT2D eigenvalue weighted by Crippen LogP contribution is -2.51. The number of rotatable bonds is 10. The highest BCUT2D eigenvalue weighted by Gasteiger charge is 2.42. The molecule has 2 amide bonds. The summed E-state index contributed by atoms with van der Waals surface area (Å²) in [5.41, 5.74) is -0.00796. The third-order valence-corrected chi connectivity index (χ3v) is 4.48. The first-order chi connectivity index (χ1) is 14.9. The molecule has 0 aliphatic rings. The van der Waals surface area contributed by atoms with E-state index in [0.29, 0.717) is 12.8 Å². The molecule has 9 heteroatoms. The first-order valence-electron chi connectivity index (χ1n) is 10.2. The first-order valence-corrected chi connectivity index (χ1v) is 10.2. The van der Waals surface area contributed by atoms with Gasteiger partial charge in [-0.2, -0.15) is 13.2 Å². The number of hydrogen-bond donors (Lipinski definition) is 1. The molecule has 6 nitrogen and oxygen atoms in total. The highest BCUT2D eigenvalue weighted by Crippen LogP contribution is 2.26. The molecule has 0 aliphatic carbocycles. The zero-order valence-corrected chi connectivity index (χ0v) is 18.2. The first kappa shape index (κ1) is 25.3. The fraction of sp³-hybridized carbons (Fsp3) is 0.435. The van der Waals surface area contributed by atoms with E-state index >= 15 is 0 Å². The van der Waals surface area contributed by atoms with E-state index in [9.17, 15) is 27.6 Å². The van der Waals surface area contributed by atoms with Crippen LogP contribution in [0.4, 0.5) is 13.2 Å². The van der Waals surface area contributed by atoms with E-state index in [1.165, 1.54) is 20.8 Å². The number of benzene rings is 2. The van der Waals surface area contributed by atoms with Crippen molar-refractivity contribution in [1.82, 2.24) is 10.4 Å². The molecule has 0 unspecified atom stereocenters. The number of amides is 2. The van der Waals surface area contributed by atoms with Gasteiger partial charge in [-0.15, -0.1) is 0 Å². The summed E-state index contributed by atoms with van der Waals surface area (Å²) in [6.07, 6.45) is -5.40. The lowest BCUT2D eigenvalue weighted by atomic mass is 10.0. The molecular formula is C23H27F3N2O4. The van der Waals surface area contributed by atoms with Crippen molar-refractivity contribution in [2.75, 3.05) is 6.54 Å². The summed E-state index contributed by atoms with van der Waals surface area (Å²) in [5, 5.41) is 4.79. The number of carbonyl (C=O) groups is 3. The fourth-order valence-corrected chi connectivity index (χ4v) is 3.12. The minimum Gasteiger partial charge on any atom is -0.349 e. The van der Waals surface area contributed by atoms with Crippen LogP contribution in [0, 0.1) is 0 Å². The number of nitrogens with one attached hydrogen (secondary N) is 1. The van der Waals surface area contributed by atoms with E-state index < -0.39 is 35.9 Å². The van der Waals surface area contributed by atoms with Gasteiger partial charge in [0.05, 0.1) is 12.0 Å². The molecular weight excluding hydrogens is 425 g/mol. The number of Topliss-reactive ketones (excluding diaryl/α,β-unsaturated/α-hetero) is 1. The Balaban J connectivity index is 1.96. The number of aryl methyl sites for hydroxylation is 1. The summed E-state index contributed by atoms with van der Waals surface area (Å²) in [6.45, 7) is 4.61. The van der Waals surface area contributed by atoms with Crippen LogP contribution in [0.2, 0.25) is 0 Å². The van der Waals surface area contributed by atoms with E-state index in [1.807, 2.05) is 42.5 Å². The molecule has 0 aromatic heterocycles. The molecule has 0 fully saturated rings. The van der Waals surface area contributed by atoms with Gasteiger partial charge in [0, 0.05) is 6.54 Å². The van der Waals surface area contributed by atoms with E-state index in [-0.39, 0.29) is 18.0 Å². The smallest absolute Gasteiger partial charge is 0.349 e. The summed E-state index contributed by atoms with van der Waals surface area (Å²) < 4.78 is 38.9. The number of hydrogen-bond acceptors (Lipinski definition) is 4. The number of fused-ring (bicyclic) bond motifs is 1. The molecule has 1 N–H and O–H groups in total. The third kappa shape index (κ3) is 7.96. The van der Waals surface area contributed by atoms with Crippen LogP contribution < -0.4 is 5.32 Å². The van der Waals surface area contributed by atoms with Crippen molar-refractivity contribution in [3.05, 3.63) is 48.0 Å². The molecule has 1 atom stereocenters. The van der Waals surface area contributed by atoms with Gasteiger partial charge in [-0.3, -0.25) is 19.2 Å². The number of halogens is 3. The van der Waals surface area contributed by atoms with Crippen LogP contribution in [0.5, 0.6) is 0 Å². The van der Waals surface area contributed by atoms with Gasteiger partial charge in [-0.1, -0.05) is 42.5 Å². The zero-order chi connectivity index (χ0) is 23.9. The van der Waals surface area contributed by atoms with E-state index in [2.05, 4.69) is 5.32 Å². The quantitative estimate of drug-likeness (QED) is 0.256. The Morgan fingerprint density at radius 3 is 2.34 bits per heavy atom. The highest BCUT2D eigenvalue weighted by atomic mass is 19.4. The number of nitrogens with zero attached hydrogens (tertiary/aromatic N) is 1. The van der Waals surface area contributed by atoms with E-state index in [4.69, 9.17) is 4.84 Å². The van der Waals surface area contributed by atoms with Gasteiger partial charge >= 0.3 is 6.18 Å². The zero-order valence-electron chi connectivity index (χ0n) is 18.2. The Labute approximate surface area is 184 Å². The molecule has 2 aromatic carbocycles. The van der Waals surface area contributed by atoms with Gasteiger partial charge in [-0.05, 0) is 49.9 Å². The lowest BCUT2D eigenvalue weighted by molar-refractivity contribution is -0.244. The minimum atomic E-state index is -4.78. The fourth-order valence-electron chi connectivity index (χ4n) is 3.12.